The number of nitrogens with one attached hydrogen (secondary N) is 1. The molecule has 1 aromatic carbocycles. The third kappa shape index (κ3) is 3.65. The van der Waals surface area contributed by atoms with E-state index < -0.39 is 0 Å². The lowest BCUT2D eigenvalue weighted by atomic mass is 10.1. The fraction of sp³-hybridized carbons (Fsp3) is 0.222. The highest BCUT2D eigenvalue weighted by Crippen LogP contribution is 2.24. The predicted molar refractivity (Wildman–Crippen MR) is 93.4 cm³/mol. The van der Waals surface area contributed by atoms with Gasteiger partial charge in [0.05, 0.1) is 25.6 Å². The molecule has 0 bridgehead atoms. The number of benzene rings is 1. The molecule has 2 aromatic heterocycles. The average Bonchev–Trinajstić information content (AvgIpc) is 2.66. The number of hydrogen-bond donors (Lipinski definition) is 2. The van der Waals surface area contributed by atoms with Crippen LogP contribution >= 0.6 is 0 Å². The molecule has 0 aliphatic rings. The maximum atomic E-state index is 8.97. The third-order valence-corrected chi connectivity index (χ3v) is 3.70. The lowest BCUT2D eigenvalue weighted by Crippen LogP contribution is -2.06. The molecular weight excluding hydrogens is 318 g/mol. The van der Waals surface area contributed by atoms with E-state index >= 15 is 0 Å². The molecule has 0 saturated heterocycles. The standard InChI is InChI=1S/C18H17N5O2/c1-25-18-17(9-19)22-10-14(23-18)8-13-7-12-3-2-4-16(20-5-6-24)15(12)11-21-13/h2-4,7,10-11,20,24H,5-6,8H2,1H3. The topological polar surface area (TPSA) is 104 Å². The molecule has 7 nitrogen and oxygen atoms in total. The van der Waals surface area contributed by atoms with E-state index in [1.807, 2.05) is 30.3 Å². The first-order valence-electron chi connectivity index (χ1n) is 7.77. The number of fused-ring (bicyclic) bond motifs is 1. The van der Waals surface area contributed by atoms with Gasteiger partial charge < -0.3 is 15.2 Å². The second kappa shape index (κ2) is 7.55. The van der Waals surface area contributed by atoms with Crippen LogP contribution in [-0.2, 0) is 6.42 Å². The zero-order chi connectivity index (χ0) is 17.6. The lowest BCUT2D eigenvalue weighted by Gasteiger charge is -2.09. The Balaban J connectivity index is 1.89. The highest BCUT2D eigenvalue weighted by Gasteiger charge is 2.09. The van der Waals surface area contributed by atoms with Gasteiger partial charge in [-0.3, -0.25) is 4.98 Å². The molecule has 25 heavy (non-hydrogen) atoms. The van der Waals surface area contributed by atoms with Crippen molar-refractivity contribution < 1.29 is 9.84 Å². The van der Waals surface area contributed by atoms with E-state index in [4.69, 9.17) is 15.1 Å². The molecule has 0 fully saturated rings. The third-order valence-electron chi connectivity index (χ3n) is 3.70. The Kier molecular flexibility index (Phi) is 5.02. The number of ether oxygens (including phenoxy) is 1. The van der Waals surface area contributed by atoms with Crippen LogP contribution in [0, 0.1) is 11.3 Å². The minimum Gasteiger partial charge on any atom is -0.479 e. The summed E-state index contributed by atoms with van der Waals surface area (Å²) in [5.41, 5.74) is 2.62. The molecule has 7 heteroatoms. The normalized spacial score (nSPS) is 10.4. The summed E-state index contributed by atoms with van der Waals surface area (Å²) in [4.78, 5) is 12.9. The van der Waals surface area contributed by atoms with Gasteiger partial charge in [0.25, 0.3) is 5.88 Å². The number of aliphatic hydroxyl groups is 1. The van der Waals surface area contributed by atoms with Gasteiger partial charge in [0, 0.05) is 35.9 Å². The molecule has 2 heterocycles. The zero-order valence-corrected chi connectivity index (χ0v) is 13.7. The molecule has 0 radical (unpaired) electrons. The van der Waals surface area contributed by atoms with E-state index in [2.05, 4.69) is 20.3 Å². The van der Waals surface area contributed by atoms with Crippen molar-refractivity contribution in [3.05, 3.63) is 53.7 Å². The molecule has 2 N–H and O–H groups in total. The Hall–Kier alpha value is -3.24. The van der Waals surface area contributed by atoms with Gasteiger partial charge in [0.2, 0.25) is 5.69 Å². The summed E-state index contributed by atoms with van der Waals surface area (Å²) in [5.74, 6) is 0.219. The average molecular weight is 335 g/mol. The first-order chi connectivity index (χ1) is 12.2. The van der Waals surface area contributed by atoms with Crippen LogP contribution in [0.2, 0.25) is 0 Å². The summed E-state index contributed by atoms with van der Waals surface area (Å²) >= 11 is 0. The zero-order valence-electron chi connectivity index (χ0n) is 13.7. The first kappa shape index (κ1) is 16.6. The number of aliphatic hydroxyl groups excluding tert-OH is 1. The van der Waals surface area contributed by atoms with Crippen molar-refractivity contribution in [1.29, 1.82) is 5.26 Å². The van der Waals surface area contributed by atoms with Crippen molar-refractivity contribution in [3.8, 4) is 11.9 Å². The number of nitriles is 1. The van der Waals surface area contributed by atoms with Gasteiger partial charge >= 0.3 is 0 Å². The summed E-state index contributed by atoms with van der Waals surface area (Å²) < 4.78 is 5.09. The largest absolute Gasteiger partial charge is 0.479 e. The van der Waals surface area contributed by atoms with Crippen LogP contribution in [-0.4, -0.2) is 40.3 Å². The minimum atomic E-state index is 0.0705. The summed E-state index contributed by atoms with van der Waals surface area (Å²) in [6.45, 7) is 0.558. The van der Waals surface area contributed by atoms with E-state index in [1.54, 1.807) is 12.4 Å². The van der Waals surface area contributed by atoms with Gasteiger partial charge in [-0.05, 0) is 17.5 Å². The molecule has 0 aliphatic carbocycles. The van der Waals surface area contributed by atoms with Crippen LogP contribution in [0.25, 0.3) is 10.8 Å². The van der Waals surface area contributed by atoms with Crippen LogP contribution in [0.5, 0.6) is 5.88 Å². The van der Waals surface area contributed by atoms with E-state index in [0.717, 1.165) is 22.2 Å². The molecule has 126 valence electrons. The Morgan fingerprint density at radius 1 is 1.24 bits per heavy atom. The van der Waals surface area contributed by atoms with Crippen LogP contribution in [0.1, 0.15) is 17.1 Å². The number of rotatable bonds is 6. The summed E-state index contributed by atoms with van der Waals surface area (Å²) in [6.07, 6.45) is 3.85. The summed E-state index contributed by atoms with van der Waals surface area (Å²) in [6, 6.07) is 9.86. The molecule has 3 aromatic rings. The van der Waals surface area contributed by atoms with E-state index in [-0.39, 0.29) is 18.2 Å². The maximum Gasteiger partial charge on any atom is 0.251 e. The van der Waals surface area contributed by atoms with E-state index in [9.17, 15) is 0 Å². The van der Waals surface area contributed by atoms with Crippen molar-refractivity contribution in [2.45, 2.75) is 6.42 Å². The molecule has 0 atom stereocenters. The van der Waals surface area contributed by atoms with Crippen LogP contribution in [0.4, 0.5) is 5.69 Å². The second-order valence-electron chi connectivity index (χ2n) is 5.36. The van der Waals surface area contributed by atoms with Crippen molar-refractivity contribution in [1.82, 2.24) is 15.0 Å². The monoisotopic (exact) mass is 335 g/mol. The van der Waals surface area contributed by atoms with Crippen molar-refractivity contribution in [2.75, 3.05) is 25.6 Å². The molecule has 3 rings (SSSR count). The Morgan fingerprint density at radius 3 is 2.88 bits per heavy atom. The van der Waals surface area contributed by atoms with Gasteiger partial charge in [0.15, 0.2) is 0 Å². The van der Waals surface area contributed by atoms with Crippen molar-refractivity contribution in [3.63, 3.8) is 0 Å². The Morgan fingerprint density at radius 2 is 2.12 bits per heavy atom. The maximum absolute atomic E-state index is 8.97. The number of methoxy groups -OCH3 is 1. The number of aromatic nitrogens is 3. The first-order valence-corrected chi connectivity index (χ1v) is 7.77. The number of hydrogen-bond acceptors (Lipinski definition) is 7. The van der Waals surface area contributed by atoms with E-state index in [0.29, 0.717) is 18.7 Å². The molecule has 0 saturated carbocycles. The van der Waals surface area contributed by atoms with Gasteiger partial charge in [-0.15, -0.1) is 0 Å². The highest BCUT2D eigenvalue weighted by atomic mass is 16.5. The molecule has 0 aliphatic heterocycles. The van der Waals surface area contributed by atoms with Crippen LogP contribution < -0.4 is 10.1 Å². The van der Waals surface area contributed by atoms with Gasteiger partial charge in [-0.25, -0.2) is 9.97 Å². The van der Waals surface area contributed by atoms with E-state index in [1.165, 1.54) is 7.11 Å². The molecule has 0 amide bonds. The van der Waals surface area contributed by atoms with Gasteiger partial charge in [-0.1, -0.05) is 12.1 Å². The van der Waals surface area contributed by atoms with Gasteiger partial charge in [0.1, 0.15) is 6.07 Å². The number of anilines is 1. The summed E-state index contributed by atoms with van der Waals surface area (Å²) in [7, 11) is 1.46. The fourth-order valence-corrected chi connectivity index (χ4v) is 2.55. The van der Waals surface area contributed by atoms with Crippen LogP contribution in [0.15, 0.2) is 36.7 Å². The highest BCUT2D eigenvalue weighted by molar-refractivity contribution is 5.93. The Bertz CT molecular complexity index is 936. The Labute approximate surface area is 145 Å². The van der Waals surface area contributed by atoms with Crippen LogP contribution in [0.3, 0.4) is 0 Å². The number of nitrogens with zero attached hydrogens (tertiary/aromatic N) is 4. The molecule has 0 spiro atoms. The summed E-state index contributed by atoms with van der Waals surface area (Å²) in [5, 5.41) is 23.1. The van der Waals surface area contributed by atoms with Gasteiger partial charge in [-0.2, -0.15) is 5.26 Å². The lowest BCUT2D eigenvalue weighted by molar-refractivity contribution is 0.311. The smallest absolute Gasteiger partial charge is 0.251 e. The molecular formula is C18H17N5O2. The fourth-order valence-electron chi connectivity index (χ4n) is 2.55. The number of pyridine rings is 1. The minimum absolute atomic E-state index is 0.0705. The van der Waals surface area contributed by atoms with Crippen molar-refractivity contribution >= 4 is 16.5 Å². The molecule has 0 unspecified atom stereocenters. The quantitative estimate of drug-likeness (QED) is 0.709. The predicted octanol–water partition coefficient (Wildman–Crippen LogP) is 1.90. The van der Waals surface area contributed by atoms with Crippen molar-refractivity contribution in [2.24, 2.45) is 0 Å². The second-order valence-corrected chi connectivity index (χ2v) is 5.36. The SMILES string of the molecule is COc1nc(Cc2cc3cccc(NCCO)c3cn2)cnc1C#N.